The van der Waals surface area contributed by atoms with Crippen LogP contribution in [0.2, 0.25) is 0 Å². The molecule has 0 amide bonds. The lowest BCUT2D eigenvalue weighted by atomic mass is 9.75. The summed E-state index contributed by atoms with van der Waals surface area (Å²) >= 11 is 0. The third kappa shape index (κ3) is 2.45. The van der Waals surface area contributed by atoms with Gasteiger partial charge in [-0.15, -0.1) is 0 Å². The first kappa shape index (κ1) is 13.6. The van der Waals surface area contributed by atoms with Gasteiger partial charge in [-0.1, -0.05) is 19.3 Å². The van der Waals surface area contributed by atoms with E-state index in [0.29, 0.717) is 11.7 Å². The second-order valence-electron chi connectivity index (χ2n) is 5.91. The van der Waals surface area contributed by atoms with Gasteiger partial charge in [0.05, 0.1) is 0 Å². The Hall–Kier alpha value is -1.39. The molecule has 2 fully saturated rings. The lowest BCUT2D eigenvalue weighted by Gasteiger charge is -2.41. The molecule has 1 N–H and O–H groups in total. The number of hydrogen-bond acceptors (Lipinski definition) is 3. The summed E-state index contributed by atoms with van der Waals surface area (Å²) in [7, 11) is 1.60. The average Bonchev–Trinajstić information content (AvgIpc) is 2.47. The Labute approximate surface area is 118 Å². The zero-order valence-corrected chi connectivity index (χ0v) is 11.8. The van der Waals surface area contributed by atoms with Gasteiger partial charge in [0.2, 0.25) is 0 Å². The SMILES string of the molecule is CNc1nc(N2CCC3CCCCC3C2)c(F)cc1F. The normalized spacial score (nSPS) is 26.2. The second kappa shape index (κ2) is 5.54. The summed E-state index contributed by atoms with van der Waals surface area (Å²) in [5.41, 5.74) is 0. The highest BCUT2D eigenvalue weighted by Crippen LogP contribution is 2.37. The quantitative estimate of drug-likeness (QED) is 0.900. The fourth-order valence-corrected chi connectivity index (χ4v) is 3.65. The van der Waals surface area contributed by atoms with Crippen LogP contribution in [0.4, 0.5) is 20.4 Å². The van der Waals surface area contributed by atoms with Crippen LogP contribution in [0.5, 0.6) is 0 Å². The number of pyridine rings is 1. The van der Waals surface area contributed by atoms with Gasteiger partial charge in [0.1, 0.15) is 0 Å². The summed E-state index contributed by atoms with van der Waals surface area (Å²) < 4.78 is 27.5. The van der Waals surface area contributed by atoms with Crippen LogP contribution >= 0.6 is 0 Å². The Morgan fingerprint density at radius 1 is 1.15 bits per heavy atom. The van der Waals surface area contributed by atoms with Crippen molar-refractivity contribution >= 4 is 11.6 Å². The topological polar surface area (TPSA) is 28.2 Å². The standard InChI is InChI=1S/C15H21F2N3/c1-18-14-12(16)8-13(17)15(19-14)20-7-6-10-4-2-3-5-11(10)9-20/h8,10-11H,2-7,9H2,1H3,(H,18,19). The van der Waals surface area contributed by atoms with Crippen molar-refractivity contribution in [1.82, 2.24) is 4.98 Å². The Kier molecular flexibility index (Phi) is 3.76. The van der Waals surface area contributed by atoms with Crippen LogP contribution < -0.4 is 10.2 Å². The van der Waals surface area contributed by atoms with Crippen LogP contribution in [0, 0.1) is 23.5 Å². The second-order valence-corrected chi connectivity index (χ2v) is 5.91. The summed E-state index contributed by atoms with van der Waals surface area (Å²) in [6, 6.07) is 0.932. The molecule has 1 aromatic rings. The Morgan fingerprint density at radius 2 is 1.90 bits per heavy atom. The number of nitrogens with zero attached hydrogens (tertiary/aromatic N) is 2. The molecule has 2 atom stereocenters. The molecule has 0 spiro atoms. The van der Waals surface area contributed by atoms with E-state index in [1.165, 1.54) is 25.7 Å². The summed E-state index contributed by atoms with van der Waals surface area (Å²) in [5, 5.41) is 2.68. The average molecular weight is 281 g/mol. The smallest absolute Gasteiger partial charge is 0.168 e. The van der Waals surface area contributed by atoms with Gasteiger partial charge in [-0.3, -0.25) is 0 Å². The third-order valence-corrected chi connectivity index (χ3v) is 4.74. The fraction of sp³-hybridized carbons (Fsp3) is 0.667. The number of rotatable bonds is 2. The summed E-state index contributed by atoms with van der Waals surface area (Å²) in [6.07, 6.45) is 6.23. The van der Waals surface area contributed by atoms with Crippen LogP contribution in [0.1, 0.15) is 32.1 Å². The van der Waals surface area contributed by atoms with E-state index in [2.05, 4.69) is 10.3 Å². The van der Waals surface area contributed by atoms with Gasteiger partial charge in [-0.25, -0.2) is 13.8 Å². The molecule has 3 nitrogen and oxygen atoms in total. The van der Waals surface area contributed by atoms with Crippen LogP contribution in [0.3, 0.4) is 0 Å². The molecule has 1 saturated heterocycles. The Bertz CT molecular complexity index is 492. The van der Waals surface area contributed by atoms with Crippen molar-refractivity contribution in [3.8, 4) is 0 Å². The van der Waals surface area contributed by atoms with Gasteiger partial charge in [0, 0.05) is 26.2 Å². The summed E-state index contributed by atoms with van der Waals surface area (Å²) in [6.45, 7) is 1.67. The number of fused-ring (bicyclic) bond motifs is 1. The zero-order valence-electron chi connectivity index (χ0n) is 11.8. The molecule has 3 rings (SSSR count). The molecule has 0 aromatic carbocycles. The molecule has 2 aliphatic rings. The molecule has 0 bridgehead atoms. The van der Waals surface area contributed by atoms with E-state index in [0.717, 1.165) is 31.5 Å². The van der Waals surface area contributed by atoms with E-state index in [-0.39, 0.29) is 5.82 Å². The number of nitrogens with one attached hydrogen (secondary N) is 1. The van der Waals surface area contributed by atoms with Gasteiger partial charge in [0.15, 0.2) is 23.3 Å². The number of halogens is 2. The Morgan fingerprint density at radius 3 is 2.65 bits per heavy atom. The first-order valence-electron chi connectivity index (χ1n) is 7.47. The molecule has 1 saturated carbocycles. The van der Waals surface area contributed by atoms with Crippen molar-refractivity contribution in [3.63, 3.8) is 0 Å². The largest absolute Gasteiger partial charge is 0.371 e. The molecule has 110 valence electrons. The maximum Gasteiger partial charge on any atom is 0.168 e. The lowest BCUT2D eigenvalue weighted by molar-refractivity contribution is 0.201. The predicted molar refractivity (Wildman–Crippen MR) is 76.0 cm³/mol. The minimum atomic E-state index is -0.638. The van der Waals surface area contributed by atoms with E-state index < -0.39 is 11.6 Å². The minimum Gasteiger partial charge on any atom is -0.371 e. The molecular formula is C15H21F2N3. The zero-order chi connectivity index (χ0) is 14.1. The highest BCUT2D eigenvalue weighted by molar-refractivity contribution is 5.49. The van der Waals surface area contributed by atoms with Crippen LogP contribution in [0.25, 0.3) is 0 Å². The molecule has 2 heterocycles. The van der Waals surface area contributed by atoms with Crippen molar-refractivity contribution in [1.29, 1.82) is 0 Å². The van der Waals surface area contributed by atoms with E-state index in [1.54, 1.807) is 7.05 Å². The van der Waals surface area contributed by atoms with E-state index >= 15 is 0 Å². The lowest BCUT2D eigenvalue weighted by Crippen LogP contribution is -2.42. The first-order chi connectivity index (χ1) is 9.69. The maximum atomic E-state index is 14.0. The molecule has 5 heteroatoms. The Balaban J connectivity index is 1.82. The van der Waals surface area contributed by atoms with Crippen molar-refractivity contribution in [3.05, 3.63) is 17.7 Å². The number of anilines is 2. The highest BCUT2D eigenvalue weighted by atomic mass is 19.1. The van der Waals surface area contributed by atoms with Crippen LogP contribution in [0.15, 0.2) is 6.07 Å². The molecule has 1 aliphatic heterocycles. The summed E-state index contributed by atoms with van der Waals surface area (Å²) in [5.74, 6) is 0.637. The van der Waals surface area contributed by atoms with E-state index in [4.69, 9.17) is 0 Å². The first-order valence-corrected chi connectivity index (χ1v) is 7.47. The molecular weight excluding hydrogens is 260 g/mol. The molecule has 20 heavy (non-hydrogen) atoms. The van der Waals surface area contributed by atoms with Gasteiger partial charge in [0.25, 0.3) is 0 Å². The van der Waals surface area contributed by atoms with Crippen molar-refractivity contribution in [2.24, 2.45) is 11.8 Å². The van der Waals surface area contributed by atoms with Crippen LogP contribution in [-0.4, -0.2) is 25.1 Å². The summed E-state index contributed by atoms with van der Waals surface area (Å²) in [4.78, 5) is 6.10. The number of hydrogen-bond donors (Lipinski definition) is 1. The number of piperidine rings is 1. The molecule has 0 radical (unpaired) electrons. The van der Waals surface area contributed by atoms with Crippen molar-refractivity contribution in [2.45, 2.75) is 32.1 Å². The van der Waals surface area contributed by atoms with Gasteiger partial charge < -0.3 is 10.2 Å². The molecule has 1 aliphatic carbocycles. The van der Waals surface area contributed by atoms with Gasteiger partial charge >= 0.3 is 0 Å². The maximum absolute atomic E-state index is 14.0. The van der Waals surface area contributed by atoms with E-state index in [1.807, 2.05) is 4.90 Å². The van der Waals surface area contributed by atoms with Gasteiger partial charge in [-0.2, -0.15) is 0 Å². The predicted octanol–water partition coefficient (Wildman–Crippen LogP) is 3.42. The highest BCUT2D eigenvalue weighted by Gasteiger charge is 2.32. The minimum absolute atomic E-state index is 0.118. The van der Waals surface area contributed by atoms with Crippen molar-refractivity contribution < 1.29 is 8.78 Å². The van der Waals surface area contributed by atoms with E-state index in [9.17, 15) is 8.78 Å². The molecule has 1 aromatic heterocycles. The fourth-order valence-electron chi connectivity index (χ4n) is 3.65. The van der Waals surface area contributed by atoms with Crippen LogP contribution in [-0.2, 0) is 0 Å². The third-order valence-electron chi connectivity index (χ3n) is 4.74. The van der Waals surface area contributed by atoms with Gasteiger partial charge in [-0.05, 0) is 24.7 Å². The van der Waals surface area contributed by atoms with Crippen molar-refractivity contribution in [2.75, 3.05) is 30.4 Å². The number of aromatic nitrogens is 1. The molecule has 2 unspecified atom stereocenters. The monoisotopic (exact) mass is 281 g/mol.